The van der Waals surface area contributed by atoms with Crippen molar-refractivity contribution in [2.45, 2.75) is 43.7 Å². The highest BCUT2D eigenvalue weighted by atomic mass is 19.1. The molecule has 0 bridgehead atoms. The third-order valence-corrected chi connectivity index (χ3v) is 6.08. The lowest BCUT2D eigenvalue weighted by atomic mass is 9.69. The molecule has 2 heterocycles. The molecule has 2 aliphatic rings. The van der Waals surface area contributed by atoms with E-state index in [9.17, 15) is 18.0 Å². The molecule has 1 saturated carbocycles. The van der Waals surface area contributed by atoms with Crippen LogP contribution in [0.4, 0.5) is 13.2 Å². The van der Waals surface area contributed by atoms with Gasteiger partial charge in [0.05, 0.1) is 12.4 Å². The van der Waals surface area contributed by atoms with Gasteiger partial charge in [-0.25, -0.2) is 28.1 Å². The first-order chi connectivity index (χ1) is 15.5. The van der Waals surface area contributed by atoms with Gasteiger partial charge in [-0.05, 0) is 37.0 Å². The number of fused-ring (bicyclic) bond motifs is 1. The first kappa shape index (κ1) is 22.0. The van der Waals surface area contributed by atoms with Gasteiger partial charge >= 0.3 is 0 Å². The molecule has 4 rings (SSSR count). The Bertz CT molecular complexity index is 1020. The van der Waals surface area contributed by atoms with E-state index < -0.39 is 24.9 Å². The fourth-order valence-electron chi connectivity index (χ4n) is 4.59. The normalized spacial score (nSPS) is 24.8. The second-order valence-corrected chi connectivity index (χ2v) is 7.96. The number of carbonyl (C=O) groups excluding carboxylic acids is 1. The Morgan fingerprint density at radius 1 is 1.22 bits per heavy atom. The summed E-state index contributed by atoms with van der Waals surface area (Å²) in [4.78, 5) is 24.6. The van der Waals surface area contributed by atoms with Gasteiger partial charge in [0.2, 0.25) is 12.7 Å². The third kappa shape index (κ3) is 4.13. The molecule has 0 radical (unpaired) electrons. The molecular weight excluding hydrogens is 425 g/mol. The van der Waals surface area contributed by atoms with Crippen LogP contribution in [0.5, 0.6) is 5.88 Å². The van der Waals surface area contributed by atoms with Gasteiger partial charge in [-0.2, -0.15) is 0 Å². The Hall–Kier alpha value is -3.17. The number of hydrogen-bond acceptors (Lipinski definition) is 7. The highest BCUT2D eigenvalue weighted by molar-refractivity contribution is 5.95. The van der Waals surface area contributed by atoms with Gasteiger partial charge in [-0.1, -0.05) is 12.5 Å². The van der Waals surface area contributed by atoms with E-state index in [0.717, 1.165) is 19.0 Å². The lowest BCUT2D eigenvalue weighted by Crippen LogP contribution is -2.52. The minimum atomic E-state index is -1.50. The molecule has 0 spiro atoms. The molecule has 1 fully saturated rings. The molecule has 0 amide bonds. The van der Waals surface area contributed by atoms with Crippen molar-refractivity contribution in [1.82, 2.24) is 9.97 Å². The van der Waals surface area contributed by atoms with Crippen molar-refractivity contribution in [2.24, 2.45) is 16.6 Å². The minimum absolute atomic E-state index is 0.0444. The number of halogens is 3. The van der Waals surface area contributed by atoms with Crippen molar-refractivity contribution in [1.29, 1.82) is 0 Å². The largest absolute Gasteiger partial charge is 0.462 e. The van der Waals surface area contributed by atoms with Crippen molar-refractivity contribution in [2.75, 3.05) is 13.5 Å². The van der Waals surface area contributed by atoms with Gasteiger partial charge in [-0.15, -0.1) is 0 Å². The first-order valence-electron chi connectivity index (χ1n) is 10.4. The van der Waals surface area contributed by atoms with Crippen LogP contribution in [0, 0.1) is 11.7 Å². The summed E-state index contributed by atoms with van der Waals surface area (Å²) in [5, 5.41) is 0. The van der Waals surface area contributed by atoms with Crippen LogP contribution in [0.25, 0.3) is 0 Å². The summed E-state index contributed by atoms with van der Waals surface area (Å²) in [5.41, 5.74) is 4.92. The van der Waals surface area contributed by atoms with E-state index in [4.69, 9.17) is 10.5 Å². The number of rotatable bonds is 7. The smallest absolute Gasteiger partial charge is 0.283 e. The van der Waals surface area contributed by atoms with Crippen molar-refractivity contribution < 1.29 is 27.4 Å². The Kier molecular flexibility index (Phi) is 6.29. The average Bonchev–Trinajstić information content (AvgIpc) is 2.80. The monoisotopic (exact) mass is 448 g/mol. The van der Waals surface area contributed by atoms with Gasteiger partial charge in [0, 0.05) is 17.9 Å². The molecular formula is C22H23F3N4O3. The maximum Gasteiger partial charge on any atom is 0.283 e. The van der Waals surface area contributed by atoms with Crippen LogP contribution >= 0.6 is 0 Å². The number of aromatic nitrogens is 2. The summed E-state index contributed by atoms with van der Waals surface area (Å²) in [6.45, 7) is -2.00. The van der Waals surface area contributed by atoms with Crippen LogP contribution in [-0.2, 0) is 16.7 Å². The number of nitrogens with zero attached hydrogens (tertiary/aromatic N) is 3. The molecule has 3 atom stereocenters. The zero-order valence-corrected chi connectivity index (χ0v) is 17.3. The first-order valence-corrected chi connectivity index (χ1v) is 10.4. The number of Topliss-reactive ketones (excluding diaryl/α,β-unsaturated/α-hetero) is 1. The molecule has 170 valence electrons. The van der Waals surface area contributed by atoms with E-state index in [1.807, 2.05) is 0 Å². The average molecular weight is 448 g/mol. The van der Waals surface area contributed by atoms with Crippen molar-refractivity contribution in [3.63, 3.8) is 0 Å². The van der Waals surface area contributed by atoms with E-state index in [1.165, 1.54) is 24.4 Å². The number of aliphatic imine (C=N–C) groups is 1. The van der Waals surface area contributed by atoms with E-state index in [1.54, 1.807) is 0 Å². The van der Waals surface area contributed by atoms with Crippen LogP contribution in [-0.4, -0.2) is 41.4 Å². The number of benzene rings is 1. The SMILES string of the molecule is NC1=N[C@](CF)(c2cc(CC(=O)c3cnc(OCF)cn3)ccc2F)[C@H]2CCCC[C@H]2O1. The predicted octanol–water partition coefficient (Wildman–Crippen LogP) is 3.42. The van der Waals surface area contributed by atoms with Crippen LogP contribution < -0.4 is 10.5 Å². The molecule has 1 aromatic carbocycles. The van der Waals surface area contributed by atoms with E-state index >= 15 is 0 Å². The fraction of sp³-hybridized carbons (Fsp3) is 0.455. The van der Waals surface area contributed by atoms with Gasteiger partial charge in [0.25, 0.3) is 6.02 Å². The maximum atomic E-state index is 15.0. The topological polar surface area (TPSA) is 99.7 Å². The molecule has 0 saturated heterocycles. The van der Waals surface area contributed by atoms with Crippen LogP contribution in [0.15, 0.2) is 35.6 Å². The summed E-state index contributed by atoms with van der Waals surface area (Å²) in [6.07, 6.45) is 4.99. The highest BCUT2D eigenvalue weighted by Crippen LogP contribution is 2.47. The minimum Gasteiger partial charge on any atom is -0.462 e. The molecule has 0 unspecified atom stereocenters. The third-order valence-electron chi connectivity index (χ3n) is 6.08. The standard InChI is InChI=1S/C22H23F3N4O3/c23-11-22(14-3-1-2-4-19(14)32-21(26)29-22)15-7-13(5-6-16(15)25)8-18(30)17-9-28-20(10-27-17)31-12-24/h5-7,9-10,14,19H,1-4,8,11-12H2,(H2,26,29)/t14-,19+,22-/m0/s1. The predicted molar refractivity (Wildman–Crippen MR) is 109 cm³/mol. The number of alkyl halides is 2. The molecule has 2 N–H and O–H groups in total. The quantitative estimate of drug-likeness (QED) is 0.652. The number of amidine groups is 1. The maximum absolute atomic E-state index is 15.0. The lowest BCUT2D eigenvalue weighted by molar-refractivity contribution is -0.00110. The Morgan fingerprint density at radius 3 is 2.75 bits per heavy atom. The Labute approximate surface area is 182 Å². The fourth-order valence-corrected chi connectivity index (χ4v) is 4.59. The molecule has 2 aromatic rings. The Morgan fingerprint density at radius 2 is 2.03 bits per heavy atom. The van der Waals surface area contributed by atoms with E-state index in [0.29, 0.717) is 18.4 Å². The number of ketones is 1. The molecule has 32 heavy (non-hydrogen) atoms. The van der Waals surface area contributed by atoms with E-state index in [-0.39, 0.29) is 47.4 Å². The van der Waals surface area contributed by atoms with E-state index in [2.05, 4.69) is 19.7 Å². The zero-order valence-electron chi connectivity index (χ0n) is 17.3. The Balaban J connectivity index is 1.64. The summed E-state index contributed by atoms with van der Waals surface area (Å²) < 4.78 is 52.0. The summed E-state index contributed by atoms with van der Waals surface area (Å²) in [7, 11) is 0. The molecule has 1 aliphatic heterocycles. The molecule has 1 aliphatic carbocycles. The second kappa shape index (κ2) is 9.13. The van der Waals surface area contributed by atoms with Gasteiger partial charge in [0.15, 0.2) is 5.78 Å². The molecule has 1 aromatic heterocycles. The van der Waals surface area contributed by atoms with Crippen LogP contribution in [0.3, 0.4) is 0 Å². The lowest BCUT2D eigenvalue weighted by Gasteiger charge is -2.45. The van der Waals surface area contributed by atoms with Crippen molar-refractivity contribution in [3.05, 3.63) is 53.2 Å². The number of ether oxygens (including phenoxy) is 2. The van der Waals surface area contributed by atoms with Crippen LogP contribution in [0.2, 0.25) is 0 Å². The number of nitrogens with two attached hydrogens (primary N) is 1. The number of hydrogen-bond donors (Lipinski definition) is 1. The summed E-state index contributed by atoms with van der Waals surface area (Å²) in [6, 6.07) is 3.98. The van der Waals surface area contributed by atoms with Gasteiger partial charge in [0.1, 0.15) is 29.8 Å². The number of carbonyl (C=O) groups is 1. The van der Waals surface area contributed by atoms with Crippen LogP contribution in [0.1, 0.15) is 47.3 Å². The van der Waals surface area contributed by atoms with Gasteiger partial charge in [-0.3, -0.25) is 4.79 Å². The second-order valence-electron chi connectivity index (χ2n) is 7.96. The summed E-state index contributed by atoms with van der Waals surface area (Å²) >= 11 is 0. The zero-order chi connectivity index (χ0) is 22.7. The van der Waals surface area contributed by atoms with Gasteiger partial charge < -0.3 is 15.2 Å². The molecule has 10 heteroatoms. The highest BCUT2D eigenvalue weighted by Gasteiger charge is 2.51. The molecule has 7 nitrogen and oxygen atoms in total. The summed E-state index contributed by atoms with van der Waals surface area (Å²) in [5.74, 6) is -1.41. The van der Waals surface area contributed by atoms with Crippen molar-refractivity contribution >= 4 is 11.8 Å². The van der Waals surface area contributed by atoms with Crippen molar-refractivity contribution in [3.8, 4) is 5.88 Å².